The molecule has 3 N–H and O–H groups in total. The lowest BCUT2D eigenvalue weighted by Crippen LogP contribution is -2.45. The second-order valence-corrected chi connectivity index (χ2v) is 5.59. The molecule has 0 atom stereocenters. The minimum Gasteiger partial charge on any atom is -0.492 e. The van der Waals surface area contributed by atoms with Crippen molar-refractivity contribution >= 4 is 12.0 Å². The molecular weight excluding hydrogens is 303 g/mol. The Kier molecular flexibility index (Phi) is 6.19. The fraction of sp³-hybridized carbons (Fsp3) is 0.500. The maximum Gasteiger partial charge on any atom is 0.315 e. The van der Waals surface area contributed by atoms with E-state index in [1.165, 1.54) is 12.1 Å². The van der Waals surface area contributed by atoms with Crippen LogP contribution in [0.2, 0.25) is 0 Å². The molecule has 1 aliphatic rings. The molecule has 1 aliphatic carbocycles. The molecule has 7 heteroatoms. The largest absolute Gasteiger partial charge is 0.492 e. The predicted octanol–water partition coefficient (Wildman–Crippen LogP) is 2.15. The van der Waals surface area contributed by atoms with Crippen molar-refractivity contribution < 1.29 is 23.8 Å². The van der Waals surface area contributed by atoms with Gasteiger partial charge in [0.1, 0.15) is 18.2 Å². The monoisotopic (exact) mass is 324 g/mol. The van der Waals surface area contributed by atoms with Gasteiger partial charge in [-0.05, 0) is 37.8 Å². The van der Waals surface area contributed by atoms with E-state index in [0.717, 1.165) is 0 Å². The Morgan fingerprint density at radius 3 is 2.65 bits per heavy atom. The first-order valence-electron chi connectivity index (χ1n) is 7.70. The molecule has 0 spiro atoms. The number of carbonyl (C=O) groups is 2. The van der Waals surface area contributed by atoms with Crippen LogP contribution in [0.4, 0.5) is 9.18 Å². The van der Waals surface area contributed by atoms with Crippen LogP contribution < -0.4 is 15.4 Å². The lowest BCUT2D eigenvalue weighted by Gasteiger charge is -2.26. The van der Waals surface area contributed by atoms with Gasteiger partial charge < -0.3 is 20.5 Å². The van der Waals surface area contributed by atoms with Gasteiger partial charge in [0.25, 0.3) is 0 Å². The number of nitrogens with one attached hydrogen (secondary N) is 2. The van der Waals surface area contributed by atoms with Gasteiger partial charge in [0.2, 0.25) is 0 Å². The van der Waals surface area contributed by atoms with Gasteiger partial charge in [-0.1, -0.05) is 6.07 Å². The summed E-state index contributed by atoms with van der Waals surface area (Å²) in [6.45, 7) is 0.537. The first kappa shape index (κ1) is 17.1. The lowest BCUT2D eigenvalue weighted by atomic mass is 9.86. The summed E-state index contributed by atoms with van der Waals surface area (Å²) in [7, 11) is 0. The molecule has 1 aromatic carbocycles. The van der Waals surface area contributed by atoms with Crippen molar-refractivity contribution in [1.82, 2.24) is 10.6 Å². The maximum atomic E-state index is 12.9. The zero-order chi connectivity index (χ0) is 16.7. The van der Waals surface area contributed by atoms with Gasteiger partial charge in [-0.3, -0.25) is 4.79 Å². The van der Waals surface area contributed by atoms with Gasteiger partial charge in [-0.15, -0.1) is 0 Å². The van der Waals surface area contributed by atoms with E-state index >= 15 is 0 Å². The number of rotatable bonds is 6. The SMILES string of the molecule is O=C(NCCOc1cccc(F)c1)NC1CCC(C(=O)O)CC1. The summed E-state index contributed by atoms with van der Waals surface area (Å²) in [4.78, 5) is 22.6. The average molecular weight is 324 g/mol. The Bertz CT molecular complexity index is 545. The summed E-state index contributed by atoms with van der Waals surface area (Å²) in [5, 5.41) is 14.4. The summed E-state index contributed by atoms with van der Waals surface area (Å²) in [5.74, 6) is -1.01. The highest BCUT2D eigenvalue weighted by atomic mass is 19.1. The van der Waals surface area contributed by atoms with E-state index in [0.29, 0.717) is 38.0 Å². The minimum absolute atomic E-state index is 0.00902. The Hall–Kier alpha value is -2.31. The van der Waals surface area contributed by atoms with Crippen molar-refractivity contribution in [2.24, 2.45) is 5.92 Å². The van der Waals surface area contributed by atoms with Gasteiger partial charge in [-0.25, -0.2) is 9.18 Å². The number of hydrogen-bond donors (Lipinski definition) is 3. The summed E-state index contributed by atoms with van der Waals surface area (Å²) in [6.07, 6.45) is 2.51. The van der Waals surface area contributed by atoms with E-state index in [1.807, 2.05) is 0 Å². The van der Waals surface area contributed by atoms with Crippen LogP contribution in [-0.4, -0.2) is 36.3 Å². The van der Waals surface area contributed by atoms with Crippen LogP contribution in [0.25, 0.3) is 0 Å². The van der Waals surface area contributed by atoms with Crippen LogP contribution in [0.1, 0.15) is 25.7 Å². The van der Waals surface area contributed by atoms with Crippen LogP contribution in [0.5, 0.6) is 5.75 Å². The molecule has 6 nitrogen and oxygen atoms in total. The molecule has 0 saturated heterocycles. The lowest BCUT2D eigenvalue weighted by molar-refractivity contribution is -0.142. The number of benzene rings is 1. The van der Waals surface area contributed by atoms with Crippen molar-refractivity contribution in [3.05, 3.63) is 30.1 Å². The summed E-state index contributed by atoms with van der Waals surface area (Å²) >= 11 is 0. The Balaban J connectivity index is 1.59. The molecule has 2 amide bonds. The van der Waals surface area contributed by atoms with E-state index in [1.54, 1.807) is 12.1 Å². The fourth-order valence-corrected chi connectivity index (χ4v) is 2.61. The number of carboxylic acid groups (broad SMARTS) is 1. The number of aliphatic carboxylic acids is 1. The molecule has 1 aromatic rings. The first-order chi connectivity index (χ1) is 11.0. The van der Waals surface area contributed by atoms with Crippen molar-refractivity contribution in [1.29, 1.82) is 0 Å². The van der Waals surface area contributed by atoms with Gasteiger partial charge in [-0.2, -0.15) is 0 Å². The van der Waals surface area contributed by atoms with Crippen LogP contribution in [0, 0.1) is 11.7 Å². The van der Waals surface area contributed by atoms with Crippen LogP contribution in [0.3, 0.4) is 0 Å². The molecule has 0 radical (unpaired) electrons. The van der Waals surface area contributed by atoms with Crippen molar-refractivity contribution in [2.75, 3.05) is 13.2 Å². The molecule has 0 unspecified atom stereocenters. The molecular formula is C16H21FN2O4. The summed E-state index contributed by atoms with van der Waals surface area (Å²) in [6, 6.07) is 5.52. The van der Waals surface area contributed by atoms with E-state index in [9.17, 15) is 14.0 Å². The van der Waals surface area contributed by atoms with Gasteiger partial charge in [0.15, 0.2) is 0 Å². The average Bonchev–Trinajstić information content (AvgIpc) is 2.52. The standard InChI is InChI=1S/C16H21FN2O4/c17-12-2-1-3-14(10-12)23-9-8-18-16(22)19-13-6-4-11(5-7-13)15(20)21/h1-3,10-11,13H,4-9H2,(H,20,21)(H2,18,19,22). The van der Waals surface area contributed by atoms with E-state index in [2.05, 4.69) is 10.6 Å². The highest BCUT2D eigenvalue weighted by molar-refractivity contribution is 5.74. The second-order valence-electron chi connectivity index (χ2n) is 5.59. The highest BCUT2D eigenvalue weighted by Gasteiger charge is 2.26. The van der Waals surface area contributed by atoms with Gasteiger partial charge in [0.05, 0.1) is 12.5 Å². The number of halogens is 1. The smallest absolute Gasteiger partial charge is 0.315 e. The van der Waals surface area contributed by atoms with E-state index in [-0.39, 0.29) is 30.4 Å². The molecule has 0 aliphatic heterocycles. The Morgan fingerprint density at radius 2 is 2.00 bits per heavy atom. The number of carbonyl (C=O) groups excluding carboxylic acids is 1. The molecule has 0 heterocycles. The first-order valence-corrected chi connectivity index (χ1v) is 7.70. The predicted molar refractivity (Wildman–Crippen MR) is 81.8 cm³/mol. The van der Waals surface area contributed by atoms with Crippen LogP contribution in [-0.2, 0) is 4.79 Å². The van der Waals surface area contributed by atoms with E-state index in [4.69, 9.17) is 9.84 Å². The Morgan fingerprint density at radius 1 is 1.26 bits per heavy atom. The van der Waals surface area contributed by atoms with E-state index < -0.39 is 5.97 Å². The molecule has 2 rings (SSSR count). The fourth-order valence-electron chi connectivity index (χ4n) is 2.61. The molecule has 1 saturated carbocycles. The number of amides is 2. The number of hydrogen-bond acceptors (Lipinski definition) is 3. The summed E-state index contributed by atoms with van der Waals surface area (Å²) in [5.41, 5.74) is 0. The normalized spacial score (nSPS) is 20.6. The minimum atomic E-state index is -0.762. The number of ether oxygens (including phenoxy) is 1. The number of carboxylic acids is 1. The molecule has 0 aromatic heterocycles. The van der Waals surface area contributed by atoms with Crippen molar-refractivity contribution in [3.63, 3.8) is 0 Å². The quantitative estimate of drug-likeness (QED) is 0.700. The topological polar surface area (TPSA) is 87.7 Å². The number of urea groups is 1. The second kappa shape index (κ2) is 8.36. The van der Waals surface area contributed by atoms with Crippen LogP contribution in [0.15, 0.2) is 24.3 Å². The summed E-state index contributed by atoms with van der Waals surface area (Å²) < 4.78 is 18.3. The molecule has 126 valence electrons. The third-order valence-electron chi connectivity index (χ3n) is 3.86. The van der Waals surface area contributed by atoms with Crippen molar-refractivity contribution in [3.8, 4) is 5.75 Å². The Labute approximate surface area is 134 Å². The van der Waals surface area contributed by atoms with Gasteiger partial charge in [0, 0.05) is 12.1 Å². The molecule has 0 bridgehead atoms. The maximum absolute atomic E-state index is 12.9. The highest BCUT2D eigenvalue weighted by Crippen LogP contribution is 2.24. The third kappa shape index (κ3) is 5.77. The molecule has 1 fully saturated rings. The van der Waals surface area contributed by atoms with Crippen molar-refractivity contribution in [2.45, 2.75) is 31.7 Å². The zero-order valence-electron chi connectivity index (χ0n) is 12.8. The molecule has 23 heavy (non-hydrogen) atoms. The van der Waals surface area contributed by atoms with Crippen LogP contribution >= 0.6 is 0 Å². The van der Waals surface area contributed by atoms with Gasteiger partial charge >= 0.3 is 12.0 Å². The third-order valence-corrected chi connectivity index (χ3v) is 3.86. The zero-order valence-corrected chi connectivity index (χ0v) is 12.8.